The smallest absolute Gasteiger partial charge is 0.0720 e. The lowest BCUT2D eigenvalue weighted by molar-refractivity contribution is 0.637. The highest BCUT2D eigenvalue weighted by Gasteiger charge is 2.07. The summed E-state index contributed by atoms with van der Waals surface area (Å²) in [7, 11) is 0. The molecule has 2 aromatic carbocycles. The summed E-state index contributed by atoms with van der Waals surface area (Å²) in [6.45, 7) is 4.39. The Hall–Kier alpha value is -1.86. The third-order valence-corrected chi connectivity index (χ3v) is 3.85. The second-order valence-electron chi connectivity index (χ2n) is 5.79. The van der Waals surface area contributed by atoms with Gasteiger partial charge in [0.2, 0.25) is 0 Å². The lowest BCUT2D eigenvalue weighted by atomic mass is 10.0. The number of aromatic nitrogens is 1. The van der Waals surface area contributed by atoms with Gasteiger partial charge in [-0.2, -0.15) is 0 Å². The maximum absolute atomic E-state index is 6.47. The Kier molecular flexibility index (Phi) is 3.94. The number of rotatable bonds is 3. The zero-order valence-electron chi connectivity index (χ0n) is 12.3. The molecule has 3 aromatic rings. The van der Waals surface area contributed by atoms with Crippen molar-refractivity contribution in [1.29, 1.82) is 0 Å². The molecule has 21 heavy (non-hydrogen) atoms. The standard InChI is InChI=1S/C19H18ClN/c1-13(2)10-16-12-18(20)17-11-15(8-9-19(17)21-16)14-6-4-3-5-7-14/h3-9,11-13H,10H2,1-2H3. The summed E-state index contributed by atoms with van der Waals surface area (Å²) in [5, 5.41) is 1.80. The molecule has 0 amide bonds. The molecule has 0 spiro atoms. The van der Waals surface area contributed by atoms with Crippen LogP contribution in [0.4, 0.5) is 0 Å². The Morgan fingerprint density at radius 2 is 1.71 bits per heavy atom. The van der Waals surface area contributed by atoms with Gasteiger partial charge >= 0.3 is 0 Å². The molecule has 3 rings (SSSR count). The fourth-order valence-electron chi connectivity index (χ4n) is 2.57. The van der Waals surface area contributed by atoms with E-state index in [1.54, 1.807) is 0 Å². The molecule has 0 bridgehead atoms. The van der Waals surface area contributed by atoms with Crippen molar-refractivity contribution in [2.24, 2.45) is 5.92 Å². The number of hydrogen-bond donors (Lipinski definition) is 0. The van der Waals surface area contributed by atoms with Crippen molar-refractivity contribution in [3.05, 3.63) is 65.3 Å². The summed E-state index contributed by atoms with van der Waals surface area (Å²) >= 11 is 6.47. The summed E-state index contributed by atoms with van der Waals surface area (Å²) in [4.78, 5) is 4.73. The fraction of sp³-hybridized carbons (Fsp3) is 0.211. The van der Waals surface area contributed by atoms with Crippen LogP contribution in [-0.2, 0) is 6.42 Å². The van der Waals surface area contributed by atoms with Crippen LogP contribution in [0.2, 0.25) is 5.02 Å². The molecule has 0 unspecified atom stereocenters. The first-order valence-electron chi connectivity index (χ1n) is 7.28. The van der Waals surface area contributed by atoms with E-state index in [0.29, 0.717) is 5.92 Å². The van der Waals surface area contributed by atoms with E-state index < -0.39 is 0 Å². The number of nitrogens with zero attached hydrogens (tertiary/aromatic N) is 1. The largest absolute Gasteiger partial charge is 0.253 e. The third kappa shape index (κ3) is 3.08. The van der Waals surface area contributed by atoms with E-state index in [1.165, 1.54) is 11.1 Å². The van der Waals surface area contributed by atoms with Gasteiger partial charge in [-0.1, -0.05) is 61.8 Å². The topological polar surface area (TPSA) is 12.9 Å². The van der Waals surface area contributed by atoms with Crippen molar-refractivity contribution < 1.29 is 0 Å². The molecule has 0 aliphatic heterocycles. The van der Waals surface area contributed by atoms with Crippen LogP contribution in [-0.4, -0.2) is 4.98 Å². The summed E-state index contributed by atoms with van der Waals surface area (Å²) in [5.74, 6) is 0.578. The van der Waals surface area contributed by atoms with Crippen LogP contribution >= 0.6 is 11.6 Å². The Balaban J connectivity index is 2.08. The first kappa shape index (κ1) is 14.1. The monoisotopic (exact) mass is 295 g/mol. The molecule has 0 fully saturated rings. The van der Waals surface area contributed by atoms with E-state index in [2.05, 4.69) is 44.2 Å². The molecular weight excluding hydrogens is 278 g/mol. The van der Waals surface area contributed by atoms with E-state index in [-0.39, 0.29) is 0 Å². The van der Waals surface area contributed by atoms with Gasteiger partial charge in [0.1, 0.15) is 0 Å². The van der Waals surface area contributed by atoms with E-state index in [4.69, 9.17) is 16.6 Å². The molecular formula is C19H18ClN. The number of hydrogen-bond acceptors (Lipinski definition) is 1. The quantitative estimate of drug-likeness (QED) is 0.599. The molecule has 1 aromatic heterocycles. The van der Waals surface area contributed by atoms with Gasteiger partial charge in [0.25, 0.3) is 0 Å². The van der Waals surface area contributed by atoms with Crippen molar-refractivity contribution in [3.8, 4) is 11.1 Å². The second kappa shape index (κ2) is 5.87. The van der Waals surface area contributed by atoms with Gasteiger partial charge in [0.05, 0.1) is 10.5 Å². The molecule has 0 saturated heterocycles. The first-order chi connectivity index (χ1) is 10.1. The lowest BCUT2D eigenvalue weighted by Gasteiger charge is -2.09. The molecule has 0 aliphatic carbocycles. The number of pyridine rings is 1. The highest BCUT2D eigenvalue weighted by Crippen LogP contribution is 2.29. The summed E-state index contributed by atoms with van der Waals surface area (Å²) in [6, 6.07) is 18.6. The Morgan fingerprint density at radius 3 is 2.43 bits per heavy atom. The van der Waals surface area contributed by atoms with Crippen LogP contribution in [0, 0.1) is 5.92 Å². The van der Waals surface area contributed by atoms with Crippen LogP contribution in [0.15, 0.2) is 54.6 Å². The Labute approximate surface area is 130 Å². The number of benzene rings is 2. The van der Waals surface area contributed by atoms with Crippen molar-refractivity contribution in [2.45, 2.75) is 20.3 Å². The van der Waals surface area contributed by atoms with Gasteiger partial charge in [-0.05, 0) is 41.7 Å². The van der Waals surface area contributed by atoms with Crippen LogP contribution in [0.5, 0.6) is 0 Å². The highest BCUT2D eigenvalue weighted by atomic mass is 35.5. The minimum Gasteiger partial charge on any atom is -0.253 e. The SMILES string of the molecule is CC(C)Cc1cc(Cl)c2cc(-c3ccccc3)ccc2n1. The normalized spacial score (nSPS) is 11.2. The lowest BCUT2D eigenvalue weighted by Crippen LogP contribution is -1.98. The zero-order valence-corrected chi connectivity index (χ0v) is 13.1. The maximum Gasteiger partial charge on any atom is 0.0720 e. The van der Waals surface area contributed by atoms with Gasteiger partial charge < -0.3 is 0 Å². The van der Waals surface area contributed by atoms with Crippen molar-refractivity contribution >= 4 is 22.5 Å². The minimum atomic E-state index is 0.578. The molecule has 1 heterocycles. The maximum atomic E-state index is 6.47. The van der Waals surface area contributed by atoms with Gasteiger partial charge in [0.15, 0.2) is 0 Å². The van der Waals surface area contributed by atoms with Crippen LogP contribution in [0.25, 0.3) is 22.0 Å². The molecule has 0 N–H and O–H groups in total. The highest BCUT2D eigenvalue weighted by molar-refractivity contribution is 6.35. The van der Waals surface area contributed by atoms with E-state index in [0.717, 1.165) is 28.0 Å². The van der Waals surface area contributed by atoms with Gasteiger partial charge in [-0.15, -0.1) is 0 Å². The molecule has 0 aliphatic rings. The Bertz CT molecular complexity index is 763. The third-order valence-electron chi connectivity index (χ3n) is 3.54. The van der Waals surface area contributed by atoms with Crippen LogP contribution < -0.4 is 0 Å². The summed E-state index contributed by atoms with van der Waals surface area (Å²) in [5.41, 5.74) is 4.40. The van der Waals surface area contributed by atoms with Crippen LogP contribution in [0.3, 0.4) is 0 Å². The van der Waals surface area contributed by atoms with Crippen molar-refractivity contribution in [1.82, 2.24) is 4.98 Å². The van der Waals surface area contributed by atoms with Crippen molar-refractivity contribution in [3.63, 3.8) is 0 Å². The van der Waals surface area contributed by atoms with E-state index >= 15 is 0 Å². The Morgan fingerprint density at radius 1 is 0.952 bits per heavy atom. The van der Waals surface area contributed by atoms with Crippen LogP contribution in [0.1, 0.15) is 19.5 Å². The number of fused-ring (bicyclic) bond motifs is 1. The molecule has 0 atom stereocenters. The fourth-order valence-corrected chi connectivity index (χ4v) is 2.85. The van der Waals surface area contributed by atoms with Gasteiger partial charge in [0, 0.05) is 11.1 Å². The average molecular weight is 296 g/mol. The summed E-state index contributed by atoms with van der Waals surface area (Å²) in [6.07, 6.45) is 0.954. The minimum absolute atomic E-state index is 0.578. The zero-order chi connectivity index (χ0) is 14.8. The predicted octanol–water partition coefficient (Wildman–Crippen LogP) is 5.75. The van der Waals surface area contributed by atoms with E-state index in [1.807, 2.05) is 24.3 Å². The van der Waals surface area contributed by atoms with Gasteiger partial charge in [-0.3, -0.25) is 4.98 Å². The molecule has 0 radical (unpaired) electrons. The second-order valence-corrected chi connectivity index (χ2v) is 6.20. The number of halogens is 1. The van der Waals surface area contributed by atoms with Crippen molar-refractivity contribution in [2.75, 3.05) is 0 Å². The average Bonchev–Trinajstić information content (AvgIpc) is 2.47. The molecule has 2 heteroatoms. The molecule has 0 saturated carbocycles. The summed E-state index contributed by atoms with van der Waals surface area (Å²) < 4.78 is 0. The van der Waals surface area contributed by atoms with Gasteiger partial charge in [-0.25, -0.2) is 0 Å². The predicted molar refractivity (Wildman–Crippen MR) is 90.7 cm³/mol. The molecule has 1 nitrogen and oxygen atoms in total. The van der Waals surface area contributed by atoms with E-state index in [9.17, 15) is 0 Å². The molecule has 106 valence electrons. The first-order valence-corrected chi connectivity index (χ1v) is 7.66.